The Morgan fingerprint density at radius 2 is 1.88 bits per heavy atom. The van der Waals surface area contributed by atoms with Gasteiger partial charge >= 0.3 is 0 Å². The van der Waals surface area contributed by atoms with Crippen molar-refractivity contribution in [1.82, 2.24) is 0 Å². The minimum absolute atomic E-state index is 0.117. The Labute approximate surface area is 93.8 Å². The first kappa shape index (κ1) is 12.1. The Hall–Kier alpha value is -1.99. The van der Waals surface area contributed by atoms with Crippen LogP contribution in [-0.2, 0) is 11.4 Å². The van der Waals surface area contributed by atoms with E-state index < -0.39 is 0 Å². The molecule has 0 aromatic heterocycles. The van der Waals surface area contributed by atoms with Gasteiger partial charge in [-0.25, -0.2) is 0 Å². The minimum atomic E-state index is -0.117. The molecule has 1 aromatic rings. The van der Waals surface area contributed by atoms with Crippen molar-refractivity contribution in [3.05, 3.63) is 23.3 Å². The zero-order valence-electron chi connectivity index (χ0n) is 9.11. The third-order valence-electron chi connectivity index (χ3n) is 2.00. The summed E-state index contributed by atoms with van der Waals surface area (Å²) in [5.41, 5.74) is 1.15. The molecular weight excluding hydrogens is 208 g/mol. The van der Waals surface area contributed by atoms with Crippen LogP contribution in [0.4, 0.5) is 0 Å². The molecule has 0 unspecified atom stereocenters. The molecule has 0 aliphatic carbocycles. The molecule has 4 heteroatoms. The van der Waals surface area contributed by atoms with Gasteiger partial charge in [-0.1, -0.05) is 5.92 Å². The van der Waals surface area contributed by atoms with Gasteiger partial charge in [0, 0.05) is 0 Å². The molecule has 0 amide bonds. The smallest absolute Gasteiger partial charge is 0.193 e. The second-order valence-electron chi connectivity index (χ2n) is 2.92. The third-order valence-corrected chi connectivity index (χ3v) is 2.00. The van der Waals surface area contributed by atoms with Crippen LogP contribution in [0.5, 0.6) is 11.5 Å². The number of carbonyl (C=O) groups excluding carboxylic acids is 1. The molecule has 0 radical (unpaired) electrons. The van der Waals surface area contributed by atoms with Gasteiger partial charge in [-0.05, 0) is 23.6 Å². The molecule has 0 spiro atoms. The summed E-state index contributed by atoms with van der Waals surface area (Å²) in [4.78, 5) is 10.2. The van der Waals surface area contributed by atoms with Crippen LogP contribution in [0.2, 0.25) is 0 Å². The lowest BCUT2D eigenvalue weighted by molar-refractivity contribution is -0.103. The van der Waals surface area contributed by atoms with Crippen molar-refractivity contribution in [2.24, 2.45) is 0 Å². The molecule has 0 saturated heterocycles. The molecule has 0 aliphatic rings. The van der Waals surface area contributed by atoms with E-state index in [2.05, 4.69) is 11.8 Å². The molecule has 0 atom stereocenters. The maximum atomic E-state index is 10.2. The highest BCUT2D eigenvalue weighted by Crippen LogP contribution is 2.29. The van der Waals surface area contributed by atoms with E-state index in [1.807, 2.05) is 0 Å². The van der Waals surface area contributed by atoms with E-state index in [0.29, 0.717) is 28.9 Å². The van der Waals surface area contributed by atoms with Crippen molar-refractivity contribution < 1.29 is 19.4 Å². The quantitative estimate of drug-likeness (QED) is 0.603. The van der Waals surface area contributed by atoms with E-state index in [1.54, 1.807) is 12.1 Å². The van der Waals surface area contributed by atoms with Crippen LogP contribution in [0, 0.1) is 11.8 Å². The lowest BCUT2D eigenvalue weighted by atomic mass is 10.1. The zero-order valence-corrected chi connectivity index (χ0v) is 9.11. The highest BCUT2D eigenvalue weighted by Gasteiger charge is 2.10. The Balaban J connectivity index is 3.36. The summed E-state index contributed by atoms with van der Waals surface area (Å²) >= 11 is 0. The fourth-order valence-corrected chi connectivity index (χ4v) is 1.28. The van der Waals surface area contributed by atoms with Gasteiger partial charge in [-0.3, -0.25) is 4.79 Å². The van der Waals surface area contributed by atoms with E-state index in [-0.39, 0.29) is 6.61 Å². The predicted molar refractivity (Wildman–Crippen MR) is 58.4 cm³/mol. The summed E-state index contributed by atoms with van der Waals surface area (Å²) in [6.45, 7) is -0.117. The number of aldehydes is 1. The van der Waals surface area contributed by atoms with Gasteiger partial charge < -0.3 is 14.6 Å². The molecular formula is C12H12O4. The van der Waals surface area contributed by atoms with E-state index in [1.165, 1.54) is 14.2 Å². The molecule has 0 aliphatic heterocycles. The minimum Gasteiger partial charge on any atom is -0.495 e. The number of benzene rings is 1. The van der Waals surface area contributed by atoms with Crippen molar-refractivity contribution in [1.29, 1.82) is 0 Å². The highest BCUT2D eigenvalue weighted by molar-refractivity contribution is 5.75. The SMILES string of the molecule is COc1cc(CO)cc(OC)c1C#CC=O. The molecule has 0 fully saturated rings. The molecule has 0 saturated carbocycles. The van der Waals surface area contributed by atoms with Gasteiger partial charge in [0.25, 0.3) is 0 Å². The summed E-state index contributed by atoms with van der Waals surface area (Å²) in [6.07, 6.45) is 0.499. The summed E-state index contributed by atoms with van der Waals surface area (Å²) in [7, 11) is 2.98. The fraction of sp³-hybridized carbons (Fsp3) is 0.250. The molecule has 16 heavy (non-hydrogen) atoms. The van der Waals surface area contributed by atoms with E-state index in [0.717, 1.165) is 0 Å². The number of methoxy groups -OCH3 is 2. The monoisotopic (exact) mass is 220 g/mol. The van der Waals surface area contributed by atoms with E-state index in [4.69, 9.17) is 14.6 Å². The average Bonchev–Trinajstić information content (AvgIpc) is 2.35. The number of aliphatic hydroxyl groups excluding tert-OH is 1. The Kier molecular flexibility index (Phi) is 4.37. The average molecular weight is 220 g/mol. The van der Waals surface area contributed by atoms with Crippen LogP contribution in [-0.4, -0.2) is 25.6 Å². The number of ether oxygens (including phenoxy) is 2. The second-order valence-corrected chi connectivity index (χ2v) is 2.92. The first-order valence-corrected chi connectivity index (χ1v) is 4.57. The first-order valence-electron chi connectivity index (χ1n) is 4.57. The summed E-state index contributed by atoms with van der Waals surface area (Å²) in [5.74, 6) is 5.87. The molecule has 0 bridgehead atoms. The van der Waals surface area contributed by atoms with Crippen LogP contribution in [0.3, 0.4) is 0 Å². The largest absolute Gasteiger partial charge is 0.495 e. The lowest BCUT2D eigenvalue weighted by Gasteiger charge is -2.10. The first-order chi connectivity index (χ1) is 7.76. The molecule has 1 rings (SSSR count). The maximum Gasteiger partial charge on any atom is 0.193 e. The van der Waals surface area contributed by atoms with Gasteiger partial charge in [0.05, 0.1) is 20.8 Å². The maximum absolute atomic E-state index is 10.2. The van der Waals surface area contributed by atoms with Gasteiger partial charge in [-0.2, -0.15) is 0 Å². The topological polar surface area (TPSA) is 55.8 Å². The molecule has 4 nitrogen and oxygen atoms in total. The van der Waals surface area contributed by atoms with Crippen LogP contribution in [0.15, 0.2) is 12.1 Å². The molecule has 1 N–H and O–H groups in total. The Morgan fingerprint density at radius 1 is 1.31 bits per heavy atom. The molecule has 0 heterocycles. The second kappa shape index (κ2) is 5.79. The van der Waals surface area contributed by atoms with Crippen LogP contribution in [0.25, 0.3) is 0 Å². The van der Waals surface area contributed by atoms with Crippen molar-refractivity contribution >= 4 is 6.29 Å². The van der Waals surface area contributed by atoms with E-state index in [9.17, 15) is 4.79 Å². The summed E-state index contributed by atoms with van der Waals surface area (Å²) in [6, 6.07) is 3.30. The number of hydrogen-bond acceptors (Lipinski definition) is 4. The normalized spacial score (nSPS) is 8.94. The van der Waals surface area contributed by atoms with Crippen LogP contribution in [0.1, 0.15) is 11.1 Å². The molecule has 84 valence electrons. The Bertz CT molecular complexity index is 415. The number of hydrogen-bond donors (Lipinski definition) is 1. The lowest BCUT2D eigenvalue weighted by Crippen LogP contribution is -1.96. The predicted octanol–water partition coefficient (Wildman–Crippen LogP) is 0.746. The Morgan fingerprint density at radius 3 is 2.25 bits per heavy atom. The van der Waals surface area contributed by atoms with Crippen molar-refractivity contribution in [3.8, 4) is 23.3 Å². The van der Waals surface area contributed by atoms with Crippen molar-refractivity contribution in [2.45, 2.75) is 6.61 Å². The van der Waals surface area contributed by atoms with Gasteiger partial charge in [0.1, 0.15) is 17.1 Å². The number of aliphatic hydroxyl groups is 1. The van der Waals surface area contributed by atoms with Gasteiger partial charge in [0.2, 0.25) is 0 Å². The number of rotatable bonds is 3. The number of carbonyl (C=O) groups is 1. The molecule has 1 aromatic carbocycles. The van der Waals surface area contributed by atoms with E-state index >= 15 is 0 Å². The highest BCUT2D eigenvalue weighted by atomic mass is 16.5. The van der Waals surface area contributed by atoms with Gasteiger partial charge in [-0.15, -0.1) is 0 Å². The standard InChI is InChI=1S/C12H12O4/c1-15-11-6-9(8-14)7-12(16-2)10(11)4-3-5-13/h5-7,14H,8H2,1-2H3. The van der Waals surface area contributed by atoms with Crippen molar-refractivity contribution in [2.75, 3.05) is 14.2 Å². The summed E-state index contributed by atoms with van der Waals surface area (Å²) in [5, 5.41) is 9.04. The zero-order chi connectivity index (χ0) is 12.0. The van der Waals surface area contributed by atoms with Crippen LogP contribution >= 0.6 is 0 Å². The fourth-order valence-electron chi connectivity index (χ4n) is 1.28. The van der Waals surface area contributed by atoms with Crippen LogP contribution < -0.4 is 9.47 Å². The van der Waals surface area contributed by atoms with Crippen molar-refractivity contribution in [3.63, 3.8) is 0 Å². The summed E-state index contributed by atoms with van der Waals surface area (Å²) < 4.78 is 10.2. The third kappa shape index (κ3) is 2.53. The van der Waals surface area contributed by atoms with Gasteiger partial charge in [0.15, 0.2) is 6.29 Å².